The maximum atomic E-state index is 12.1. The third-order valence-electron chi connectivity index (χ3n) is 6.84. The number of nitrogens with zero attached hydrogens (tertiary/aromatic N) is 4. The van der Waals surface area contributed by atoms with E-state index in [0.29, 0.717) is 22.2 Å². The molecule has 0 amide bonds. The van der Waals surface area contributed by atoms with Crippen LogP contribution in [0.1, 0.15) is 40.3 Å². The van der Waals surface area contributed by atoms with Crippen molar-refractivity contribution in [2.24, 2.45) is 0 Å². The molecule has 1 aliphatic rings. The fourth-order valence-corrected chi connectivity index (χ4v) is 6.10. The molecule has 3 aromatic heterocycles. The number of ether oxygens (including phenoxy) is 1. The first-order valence-corrected chi connectivity index (χ1v) is 14.7. The zero-order valence-corrected chi connectivity index (χ0v) is 24.0. The van der Waals surface area contributed by atoms with E-state index in [-0.39, 0.29) is 12.1 Å². The van der Waals surface area contributed by atoms with E-state index in [1.54, 1.807) is 24.5 Å². The monoisotopic (exact) mass is 562 g/mol. The molecule has 4 aromatic rings. The number of aryl methyl sites for hydroxylation is 2. The van der Waals surface area contributed by atoms with Crippen molar-refractivity contribution < 1.29 is 13.2 Å². The molecule has 4 heterocycles. The van der Waals surface area contributed by atoms with E-state index in [4.69, 9.17) is 17.0 Å². The number of hydrogen-bond acceptors (Lipinski definition) is 6. The van der Waals surface area contributed by atoms with E-state index in [2.05, 4.69) is 44.5 Å². The highest BCUT2D eigenvalue weighted by atomic mass is 32.2. The Morgan fingerprint density at radius 3 is 2.46 bits per heavy atom. The number of anilines is 2. The van der Waals surface area contributed by atoms with Gasteiger partial charge in [-0.25, -0.2) is 13.4 Å². The van der Waals surface area contributed by atoms with E-state index >= 15 is 0 Å². The van der Waals surface area contributed by atoms with Crippen LogP contribution in [0.2, 0.25) is 0 Å². The Hall–Kier alpha value is -3.96. The summed E-state index contributed by atoms with van der Waals surface area (Å²) >= 11 is 5.89. The summed E-state index contributed by atoms with van der Waals surface area (Å²) in [5.74, 6) is 1.28. The van der Waals surface area contributed by atoms with Gasteiger partial charge < -0.3 is 19.5 Å². The van der Waals surface area contributed by atoms with E-state index < -0.39 is 10.0 Å². The van der Waals surface area contributed by atoms with Gasteiger partial charge in [0.1, 0.15) is 11.6 Å². The molecule has 1 aromatic carbocycles. The third-order valence-corrected chi connectivity index (χ3v) is 7.74. The average Bonchev–Trinajstić information content (AvgIpc) is 3.39. The molecular weight excluding hydrogens is 532 g/mol. The zero-order valence-electron chi connectivity index (χ0n) is 22.3. The van der Waals surface area contributed by atoms with Crippen molar-refractivity contribution in [2.75, 3.05) is 23.0 Å². The number of pyridine rings is 2. The number of benzene rings is 1. The first kappa shape index (κ1) is 26.6. The van der Waals surface area contributed by atoms with Crippen LogP contribution in [0.15, 0.2) is 67.0 Å². The summed E-state index contributed by atoms with van der Waals surface area (Å²) in [4.78, 5) is 11.3. The molecule has 9 nitrogen and oxygen atoms in total. The van der Waals surface area contributed by atoms with Crippen molar-refractivity contribution >= 4 is 38.7 Å². The molecule has 0 bridgehead atoms. The fraction of sp³-hybridized carbons (Fsp3) is 0.250. The van der Waals surface area contributed by atoms with Crippen molar-refractivity contribution in [1.29, 1.82) is 0 Å². The lowest BCUT2D eigenvalue weighted by Crippen LogP contribution is -2.29. The Labute approximate surface area is 233 Å². The van der Waals surface area contributed by atoms with Gasteiger partial charge >= 0.3 is 0 Å². The molecule has 0 radical (unpaired) electrons. The van der Waals surface area contributed by atoms with Crippen molar-refractivity contribution in [3.8, 4) is 11.6 Å². The first-order valence-electron chi connectivity index (χ1n) is 12.4. The van der Waals surface area contributed by atoms with Gasteiger partial charge in [0.15, 0.2) is 5.11 Å². The predicted octanol–water partition coefficient (Wildman–Crippen LogP) is 4.75. The highest BCUT2D eigenvalue weighted by Gasteiger charge is 2.42. The molecule has 39 heavy (non-hydrogen) atoms. The summed E-state index contributed by atoms with van der Waals surface area (Å²) in [6, 6.07) is 16.7. The van der Waals surface area contributed by atoms with E-state index in [1.165, 1.54) is 7.11 Å². The molecule has 5 rings (SSSR count). The summed E-state index contributed by atoms with van der Waals surface area (Å²) in [6.45, 7) is 6.19. The molecule has 11 heteroatoms. The van der Waals surface area contributed by atoms with Gasteiger partial charge in [-0.05, 0) is 86.6 Å². The second-order valence-electron chi connectivity index (χ2n) is 9.56. The Bertz CT molecular complexity index is 1650. The highest BCUT2D eigenvalue weighted by Crippen LogP contribution is 2.45. The second-order valence-corrected chi connectivity index (χ2v) is 11.7. The van der Waals surface area contributed by atoms with Crippen LogP contribution in [0.3, 0.4) is 0 Å². The molecular formula is C28H30N6O3S2. The summed E-state index contributed by atoms with van der Waals surface area (Å²) < 4.78 is 34.3. The SMILES string of the molecule is COc1ccc(N2C(=S)NC(c3ccccn3)C2c2cc(C)n(-c3ncccc3C)c2C)cc1NS(C)(=O)=O. The highest BCUT2D eigenvalue weighted by molar-refractivity contribution is 7.92. The molecule has 2 atom stereocenters. The molecule has 2 unspecified atom stereocenters. The number of hydrogen-bond donors (Lipinski definition) is 2. The summed E-state index contributed by atoms with van der Waals surface area (Å²) in [7, 11) is -2.05. The standard InChI is InChI=1S/C28H30N6O3S2/c1-17-9-8-14-30-27(17)33-18(2)15-21(19(33)3)26-25(22-10-6-7-13-29-22)31-28(38)34(26)20-11-12-24(37-4)23(16-20)32-39(5,35)36/h6-16,25-26,32H,1-5H3,(H,31,38). The summed E-state index contributed by atoms with van der Waals surface area (Å²) in [6.07, 6.45) is 4.67. The van der Waals surface area contributed by atoms with Gasteiger partial charge in [-0.2, -0.15) is 0 Å². The van der Waals surface area contributed by atoms with Crippen molar-refractivity contribution in [3.63, 3.8) is 0 Å². The number of aromatic nitrogens is 3. The van der Waals surface area contributed by atoms with E-state index in [9.17, 15) is 8.42 Å². The van der Waals surface area contributed by atoms with Gasteiger partial charge in [0, 0.05) is 29.5 Å². The Balaban J connectivity index is 1.69. The van der Waals surface area contributed by atoms with Crippen molar-refractivity contribution in [3.05, 3.63) is 95.2 Å². The maximum Gasteiger partial charge on any atom is 0.229 e. The number of rotatable bonds is 7. The second kappa shape index (κ2) is 10.3. The number of sulfonamides is 1. The summed E-state index contributed by atoms with van der Waals surface area (Å²) in [5.41, 5.74) is 6.06. The van der Waals surface area contributed by atoms with Crippen LogP contribution in [0.25, 0.3) is 5.82 Å². The van der Waals surface area contributed by atoms with Crippen LogP contribution in [-0.4, -0.2) is 41.4 Å². The normalized spacial score (nSPS) is 17.3. The lowest BCUT2D eigenvalue weighted by atomic mass is 9.96. The molecule has 1 saturated heterocycles. The smallest absolute Gasteiger partial charge is 0.229 e. The summed E-state index contributed by atoms with van der Waals surface area (Å²) in [5, 5.41) is 3.98. The van der Waals surface area contributed by atoms with Gasteiger partial charge in [-0.15, -0.1) is 0 Å². The molecule has 2 N–H and O–H groups in total. The molecule has 0 aliphatic carbocycles. The Morgan fingerprint density at radius 1 is 1.03 bits per heavy atom. The fourth-order valence-electron chi connectivity index (χ4n) is 5.20. The minimum Gasteiger partial charge on any atom is -0.495 e. The largest absolute Gasteiger partial charge is 0.495 e. The zero-order chi connectivity index (χ0) is 27.9. The number of thiocarbonyl (C=S) groups is 1. The van der Waals surface area contributed by atoms with Gasteiger partial charge in [-0.3, -0.25) is 9.71 Å². The van der Waals surface area contributed by atoms with Crippen LogP contribution in [0.5, 0.6) is 5.75 Å². The van der Waals surface area contributed by atoms with Crippen LogP contribution in [0, 0.1) is 20.8 Å². The lowest BCUT2D eigenvalue weighted by Gasteiger charge is -2.29. The van der Waals surface area contributed by atoms with Gasteiger partial charge in [0.2, 0.25) is 10.0 Å². The van der Waals surface area contributed by atoms with Gasteiger partial charge in [0.05, 0.1) is 36.8 Å². The Kier molecular flexibility index (Phi) is 7.04. The van der Waals surface area contributed by atoms with Crippen LogP contribution in [0.4, 0.5) is 11.4 Å². The average molecular weight is 563 g/mol. The van der Waals surface area contributed by atoms with E-state index in [1.807, 2.05) is 48.2 Å². The quantitative estimate of drug-likeness (QED) is 0.311. The number of methoxy groups -OCH3 is 1. The minimum atomic E-state index is -3.54. The third kappa shape index (κ3) is 5.07. The minimum absolute atomic E-state index is 0.258. The molecule has 0 saturated carbocycles. The van der Waals surface area contributed by atoms with Gasteiger partial charge in [0.25, 0.3) is 0 Å². The predicted molar refractivity (Wildman–Crippen MR) is 157 cm³/mol. The molecule has 0 spiro atoms. The first-order chi connectivity index (χ1) is 18.6. The van der Waals surface area contributed by atoms with Gasteiger partial charge in [-0.1, -0.05) is 12.1 Å². The topological polar surface area (TPSA) is 101 Å². The van der Waals surface area contributed by atoms with Crippen LogP contribution < -0.4 is 19.7 Å². The van der Waals surface area contributed by atoms with Crippen LogP contribution >= 0.6 is 12.2 Å². The lowest BCUT2D eigenvalue weighted by molar-refractivity contribution is 0.417. The number of nitrogens with one attached hydrogen (secondary N) is 2. The van der Waals surface area contributed by atoms with Crippen LogP contribution in [-0.2, 0) is 10.0 Å². The molecule has 1 aliphatic heterocycles. The molecule has 202 valence electrons. The van der Waals surface area contributed by atoms with E-state index in [0.717, 1.165) is 40.3 Å². The van der Waals surface area contributed by atoms with Crippen molar-refractivity contribution in [1.82, 2.24) is 19.9 Å². The molecule has 1 fully saturated rings. The maximum absolute atomic E-state index is 12.1. The van der Waals surface area contributed by atoms with Crippen molar-refractivity contribution in [2.45, 2.75) is 32.9 Å². The Morgan fingerprint density at radius 2 is 1.79 bits per heavy atom.